The van der Waals surface area contributed by atoms with Gasteiger partial charge in [0.25, 0.3) is 0 Å². The molecule has 2 aromatic carbocycles. The van der Waals surface area contributed by atoms with E-state index in [9.17, 15) is 0 Å². The van der Waals surface area contributed by atoms with Gasteiger partial charge in [0, 0.05) is 42.2 Å². The summed E-state index contributed by atoms with van der Waals surface area (Å²) in [7, 11) is 0. The van der Waals surface area contributed by atoms with Crippen molar-refractivity contribution in [3.05, 3.63) is 65.7 Å². The molecule has 0 unspecified atom stereocenters. The Morgan fingerprint density at radius 1 is 0.706 bits per heavy atom. The molecule has 0 aromatic heterocycles. The van der Waals surface area contributed by atoms with Crippen molar-refractivity contribution >= 4 is 57.8 Å². The summed E-state index contributed by atoms with van der Waals surface area (Å²) in [6.07, 6.45) is 2.06. The molecule has 0 bridgehead atoms. The molecular weight excluding hydrogens is 481 g/mol. The Kier molecular flexibility index (Phi) is 12.0. The molecule has 0 saturated heterocycles. The lowest BCUT2D eigenvalue weighted by Crippen LogP contribution is -2.39. The number of benzene rings is 2. The first kappa shape index (κ1) is 27.8. The number of hydrogen-bond donors (Lipinski definition) is 2. The van der Waals surface area contributed by atoms with E-state index >= 15 is 0 Å². The molecule has 34 heavy (non-hydrogen) atoms. The van der Waals surface area contributed by atoms with E-state index in [-0.39, 0.29) is 0 Å². The predicted molar refractivity (Wildman–Crippen MR) is 155 cm³/mol. The number of thioether (sulfide) groups is 1. The lowest BCUT2D eigenvalue weighted by atomic mass is 10.00. The third kappa shape index (κ3) is 7.78. The quantitative estimate of drug-likeness (QED) is 0.201. The van der Waals surface area contributed by atoms with Crippen LogP contribution in [0.1, 0.15) is 38.8 Å². The second-order valence-corrected chi connectivity index (χ2v) is 8.85. The van der Waals surface area contributed by atoms with E-state index in [2.05, 4.69) is 56.9 Å². The Morgan fingerprint density at radius 2 is 1.12 bits per heavy atom. The Morgan fingerprint density at radius 3 is 1.50 bits per heavy atom. The maximum atomic E-state index is 5.58. The summed E-state index contributed by atoms with van der Waals surface area (Å²) in [5.74, 6) is 0. The molecule has 0 saturated carbocycles. The van der Waals surface area contributed by atoms with Crippen LogP contribution in [0.2, 0.25) is 0 Å². The van der Waals surface area contributed by atoms with Gasteiger partial charge in [0.05, 0.1) is 0 Å². The molecule has 0 aliphatic carbocycles. The van der Waals surface area contributed by atoms with E-state index in [4.69, 9.17) is 34.6 Å². The van der Waals surface area contributed by atoms with Crippen LogP contribution in [0.3, 0.4) is 0 Å². The van der Waals surface area contributed by atoms with Crippen LogP contribution in [-0.2, 0) is 0 Å². The van der Waals surface area contributed by atoms with Crippen LogP contribution in [0.5, 0.6) is 0 Å². The van der Waals surface area contributed by atoms with Crippen LogP contribution in [0.15, 0.2) is 69.7 Å². The Hall–Kier alpha value is -2.49. The van der Waals surface area contributed by atoms with Crippen molar-refractivity contribution in [2.45, 2.75) is 32.6 Å². The zero-order valence-electron chi connectivity index (χ0n) is 20.5. The first-order chi connectivity index (χ1) is 16.5. The van der Waals surface area contributed by atoms with Gasteiger partial charge in [-0.3, -0.25) is 10.9 Å². The highest BCUT2D eigenvalue weighted by molar-refractivity contribution is 7.98. The molecule has 0 heterocycles. The number of hydrogen-bond acceptors (Lipinski definition) is 5. The largest absolute Gasteiger partial charge is 0.348 e. The molecule has 9 heteroatoms. The number of hydrazone groups is 2. The smallest absolute Gasteiger partial charge is 0.189 e. The van der Waals surface area contributed by atoms with Gasteiger partial charge in [-0.25, -0.2) is 0 Å². The number of nitrogens with zero attached hydrogens (tertiary/aromatic N) is 4. The van der Waals surface area contributed by atoms with E-state index in [0.29, 0.717) is 21.6 Å². The van der Waals surface area contributed by atoms with Crippen LogP contribution >= 0.6 is 36.2 Å². The number of nitrogens with one attached hydrogen (secondary N) is 2. The van der Waals surface area contributed by atoms with Crippen LogP contribution in [-0.4, -0.2) is 63.9 Å². The lowest BCUT2D eigenvalue weighted by molar-refractivity contribution is 0.457. The number of rotatable bonds is 10. The van der Waals surface area contributed by atoms with Gasteiger partial charge in [-0.1, -0.05) is 42.5 Å². The molecule has 6 nitrogen and oxygen atoms in total. The van der Waals surface area contributed by atoms with Crippen molar-refractivity contribution in [3.63, 3.8) is 0 Å². The third-order valence-corrected chi connectivity index (χ3v) is 6.71. The van der Waals surface area contributed by atoms with Gasteiger partial charge in [0.15, 0.2) is 10.2 Å². The van der Waals surface area contributed by atoms with Gasteiger partial charge in [-0.2, -0.15) is 10.2 Å². The van der Waals surface area contributed by atoms with Crippen LogP contribution in [0, 0.1) is 0 Å². The minimum atomic E-state index is 0.571. The average Bonchev–Trinajstić information content (AvgIpc) is 2.88. The summed E-state index contributed by atoms with van der Waals surface area (Å²) < 4.78 is 0. The molecule has 0 aliphatic rings. The minimum absolute atomic E-state index is 0.571. The van der Waals surface area contributed by atoms with E-state index in [0.717, 1.165) is 37.3 Å². The monoisotopic (exact) mass is 514 g/mol. The summed E-state index contributed by atoms with van der Waals surface area (Å²) >= 11 is 12.8. The maximum absolute atomic E-state index is 5.58. The zero-order chi connectivity index (χ0) is 24.9. The van der Waals surface area contributed by atoms with Crippen molar-refractivity contribution in [2.24, 2.45) is 10.2 Å². The molecule has 0 radical (unpaired) electrons. The average molecular weight is 515 g/mol. The van der Waals surface area contributed by atoms with Crippen molar-refractivity contribution in [2.75, 3.05) is 32.4 Å². The van der Waals surface area contributed by atoms with E-state index in [1.54, 1.807) is 11.8 Å². The molecule has 0 spiro atoms. The first-order valence-electron chi connectivity index (χ1n) is 11.4. The zero-order valence-corrected chi connectivity index (χ0v) is 23.0. The Labute approximate surface area is 218 Å². The highest BCUT2D eigenvalue weighted by Gasteiger charge is 2.17. The minimum Gasteiger partial charge on any atom is -0.348 e. The van der Waals surface area contributed by atoms with Crippen molar-refractivity contribution in [1.82, 2.24) is 20.7 Å². The van der Waals surface area contributed by atoms with Gasteiger partial charge in [0.1, 0.15) is 11.4 Å². The van der Waals surface area contributed by atoms with Crippen molar-refractivity contribution < 1.29 is 0 Å². The molecule has 2 rings (SSSR count). The fourth-order valence-corrected chi connectivity index (χ4v) is 4.24. The summed E-state index contributed by atoms with van der Waals surface area (Å²) in [4.78, 5) is 5.26. The summed E-state index contributed by atoms with van der Waals surface area (Å²) in [6, 6.07) is 18.2. The van der Waals surface area contributed by atoms with E-state index in [1.165, 1.54) is 4.90 Å². The normalized spacial score (nSPS) is 11.7. The van der Waals surface area contributed by atoms with Gasteiger partial charge in [-0.05, 0) is 70.5 Å². The highest BCUT2D eigenvalue weighted by atomic mass is 32.2. The molecule has 2 N–H and O–H groups in total. The van der Waals surface area contributed by atoms with E-state index in [1.807, 2.05) is 52.3 Å². The van der Waals surface area contributed by atoms with Crippen molar-refractivity contribution in [1.29, 1.82) is 0 Å². The molecule has 0 fully saturated rings. The Balaban J connectivity index is 2.57. The second kappa shape index (κ2) is 14.7. The summed E-state index contributed by atoms with van der Waals surface area (Å²) in [5.41, 5.74) is 9.34. The fourth-order valence-electron chi connectivity index (χ4n) is 3.22. The molecule has 2 aromatic rings. The van der Waals surface area contributed by atoms with Crippen LogP contribution in [0.4, 0.5) is 0 Å². The molecule has 0 atom stereocenters. The lowest BCUT2D eigenvalue weighted by Gasteiger charge is -2.22. The van der Waals surface area contributed by atoms with E-state index < -0.39 is 0 Å². The predicted octanol–water partition coefficient (Wildman–Crippen LogP) is 4.95. The standard InChI is InChI=1S/C25H34N6S3/c1-6-30(7-2)24(32)28-26-22(19-13-11-10-12-14-19)23(20-15-17-21(34-5)18-16-20)27-29-25(33)31(8-3)9-4/h10-18H,6-9H2,1-5H3,(H,28,32)(H,29,33). The Bertz CT molecular complexity index is 981. The summed E-state index contributed by atoms with van der Waals surface area (Å²) in [5, 5.41) is 10.6. The van der Waals surface area contributed by atoms with Gasteiger partial charge < -0.3 is 9.80 Å². The molecule has 0 amide bonds. The van der Waals surface area contributed by atoms with Crippen molar-refractivity contribution in [3.8, 4) is 0 Å². The third-order valence-electron chi connectivity index (χ3n) is 5.26. The van der Waals surface area contributed by atoms with Crippen LogP contribution < -0.4 is 10.9 Å². The fraction of sp³-hybridized carbons (Fsp3) is 0.360. The SMILES string of the molecule is CCN(CC)C(=S)NN=C(C(=NNC(=S)N(CC)CC)c1ccc(SC)cc1)c1ccccc1. The van der Waals surface area contributed by atoms with Crippen LogP contribution in [0.25, 0.3) is 0 Å². The highest BCUT2D eigenvalue weighted by Crippen LogP contribution is 2.17. The maximum Gasteiger partial charge on any atom is 0.189 e. The van der Waals surface area contributed by atoms with Gasteiger partial charge in [0.2, 0.25) is 0 Å². The molecule has 182 valence electrons. The molecular formula is C25H34N6S3. The topological polar surface area (TPSA) is 55.3 Å². The first-order valence-corrected chi connectivity index (χ1v) is 13.5. The number of thiocarbonyl (C=S) groups is 2. The molecule has 0 aliphatic heterocycles. The second-order valence-electron chi connectivity index (χ2n) is 7.19. The van der Waals surface area contributed by atoms with Gasteiger partial charge in [-0.15, -0.1) is 11.8 Å². The van der Waals surface area contributed by atoms with Gasteiger partial charge >= 0.3 is 0 Å². The summed E-state index contributed by atoms with van der Waals surface area (Å²) in [6.45, 7) is 11.5.